The minimum absolute atomic E-state index is 0.101. The highest BCUT2D eigenvalue weighted by atomic mass is 16.6. The van der Waals surface area contributed by atoms with Crippen molar-refractivity contribution in [2.75, 3.05) is 27.4 Å². The number of rotatable bonds is 9. The molecule has 0 atom stereocenters. The Labute approximate surface area is 151 Å². The predicted molar refractivity (Wildman–Crippen MR) is 96.7 cm³/mol. The fraction of sp³-hybridized carbons (Fsp3) is 0.353. The normalized spacial score (nSPS) is 12.5. The Bertz CT molecular complexity index is 712. The molecule has 1 aromatic rings. The van der Waals surface area contributed by atoms with Crippen LogP contribution in [0.2, 0.25) is 0 Å². The van der Waals surface area contributed by atoms with E-state index in [-0.39, 0.29) is 19.0 Å². The van der Waals surface area contributed by atoms with Crippen LogP contribution < -0.4 is 15.2 Å². The predicted octanol–water partition coefficient (Wildman–Crippen LogP) is 1.76. The van der Waals surface area contributed by atoms with Gasteiger partial charge < -0.3 is 29.8 Å². The summed E-state index contributed by atoms with van der Waals surface area (Å²) in [5, 5.41) is 17.4. The summed E-state index contributed by atoms with van der Waals surface area (Å²) in [6.07, 6.45) is 1.40. The van der Waals surface area contributed by atoms with Gasteiger partial charge in [-0.1, -0.05) is 0 Å². The zero-order chi connectivity index (χ0) is 19.5. The Morgan fingerprint density at radius 2 is 1.81 bits per heavy atom. The van der Waals surface area contributed by atoms with Gasteiger partial charge in [-0.3, -0.25) is 0 Å². The van der Waals surface area contributed by atoms with Crippen molar-refractivity contribution in [2.45, 2.75) is 13.8 Å². The summed E-state index contributed by atoms with van der Waals surface area (Å²) in [5.74, 6) is -0.781. The fourth-order valence-corrected chi connectivity index (χ4v) is 1.85. The van der Waals surface area contributed by atoms with Crippen molar-refractivity contribution < 1.29 is 28.8 Å². The van der Waals surface area contributed by atoms with E-state index in [1.165, 1.54) is 20.4 Å². The second kappa shape index (κ2) is 10.6. The van der Waals surface area contributed by atoms with Crippen molar-refractivity contribution in [3.05, 3.63) is 35.3 Å². The van der Waals surface area contributed by atoms with Crippen molar-refractivity contribution in [2.24, 2.45) is 15.9 Å². The van der Waals surface area contributed by atoms with Gasteiger partial charge in [-0.15, -0.1) is 5.10 Å². The monoisotopic (exact) mass is 365 g/mol. The van der Waals surface area contributed by atoms with Crippen LogP contribution in [0.4, 0.5) is 0 Å². The molecule has 26 heavy (non-hydrogen) atoms. The minimum atomic E-state index is -0.860. The molecule has 0 bridgehead atoms. The second-order valence-corrected chi connectivity index (χ2v) is 4.68. The van der Waals surface area contributed by atoms with Crippen LogP contribution in [-0.2, 0) is 14.3 Å². The van der Waals surface area contributed by atoms with Crippen LogP contribution in [0.25, 0.3) is 0 Å². The van der Waals surface area contributed by atoms with Crippen LogP contribution in [0.3, 0.4) is 0 Å². The van der Waals surface area contributed by atoms with Gasteiger partial charge in [0.25, 0.3) is 5.95 Å². The summed E-state index contributed by atoms with van der Waals surface area (Å²) in [6.45, 7) is 3.50. The topological polar surface area (TPSA) is 125 Å². The average molecular weight is 365 g/mol. The molecule has 0 fully saturated rings. The van der Waals surface area contributed by atoms with E-state index >= 15 is 0 Å². The number of hydrogen-bond donors (Lipinski definition) is 2. The number of amidine groups is 1. The van der Waals surface area contributed by atoms with Gasteiger partial charge in [-0.2, -0.15) is 5.10 Å². The zero-order valence-electron chi connectivity index (χ0n) is 15.2. The third-order valence-electron chi connectivity index (χ3n) is 3.01. The third-order valence-corrected chi connectivity index (χ3v) is 3.01. The Morgan fingerprint density at radius 3 is 2.38 bits per heavy atom. The number of aliphatic hydroxyl groups is 1. The molecule has 1 rings (SSSR count). The van der Waals surface area contributed by atoms with E-state index in [1.807, 2.05) is 0 Å². The quantitative estimate of drug-likeness (QED) is 0.171. The van der Waals surface area contributed by atoms with E-state index in [4.69, 9.17) is 24.7 Å². The van der Waals surface area contributed by atoms with Crippen LogP contribution in [0.15, 0.2) is 39.9 Å². The van der Waals surface area contributed by atoms with E-state index in [0.717, 1.165) is 0 Å². The van der Waals surface area contributed by atoms with Gasteiger partial charge in [0.05, 0.1) is 33.6 Å². The first-order valence-corrected chi connectivity index (χ1v) is 7.80. The molecule has 0 amide bonds. The molecule has 9 heteroatoms. The van der Waals surface area contributed by atoms with Gasteiger partial charge >= 0.3 is 5.97 Å². The first-order valence-electron chi connectivity index (χ1n) is 7.80. The average Bonchev–Trinajstić information content (AvgIpc) is 2.62. The molecular weight excluding hydrogens is 342 g/mol. The number of esters is 1. The Kier molecular flexibility index (Phi) is 8.48. The molecule has 0 saturated carbocycles. The highest BCUT2D eigenvalue weighted by Gasteiger charge is 2.22. The number of ether oxygens (including phenoxy) is 4. The smallest absolute Gasteiger partial charge is 0.349 e. The molecule has 0 saturated heterocycles. The van der Waals surface area contributed by atoms with Gasteiger partial charge in [-0.25, -0.2) is 4.79 Å². The number of aliphatic hydroxyl groups excluding tert-OH is 1. The van der Waals surface area contributed by atoms with Crippen LogP contribution in [0.1, 0.15) is 19.4 Å². The maximum Gasteiger partial charge on any atom is 0.349 e. The summed E-state index contributed by atoms with van der Waals surface area (Å²) in [7, 11) is 3.05. The number of nitrogens with two attached hydrogens (primary N) is 1. The lowest BCUT2D eigenvalue weighted by molar-refractivity contribution is -0.138. The zero-order valence-corrected chi connectivity index (χ0v) is 15.2. The molecular formula is C17H23N3O6. The Balaban J connectivity index is 3.07. The Morgan fingerprint density at radius 1 is 1.15 bits per heavy atom. The SMILES string of the molecule is CCOC(=O)C(C(N)=N/N=C\c1ccc(OC)c(OC)c1)=C(O)OCC. The van der Waals surface area contributed by atoms with Gasteiger partial charge in [-0.05, 0) is 37.6 Å². The molecule has 3 N–H and O–H groups in total. The maximum atomic E-state index is 11.9. The standard InChI is InChI=1S/C17H23N3O6/c1-5-25-16(21)14(17(22)26-6-2)15(18)20-19-10-11-7-8-12(23-3)13(9-11)24-4/h7-10,21H,5-6H2,1-4H3,(H2,18,20)/b16-14?,19-10-. The third kappa shape index (κ3) is 5.69. The number of hydrogen-bond acceptors (Lipinski definition) is 8. The van der Waals surface area contributed by atoms with E-state index in [1.54, 1.807) is 32.0 Å². The molecule has 0 aromatic heterocycles. The van der Waals surface area contributed by atoms with Crippen LogP contribution >= 0.6 is 0 Å². The number of benzene rings is 1. The largest absolute Gasteiger partial charge is 0.493 e. The van der Waals surface area contributed by atoms with E-state index in [0.29, 0.717) is 17.1 Å². The molecule has 1 aromatic carbocycles. The minimum Gasteiger partial charge on any atom is -0.493 e. The summed E-state index contributed by atoms with van der Waals surface area (Å²) in [4.78, 5) is 11.9. The van der Waals surface area contributed by atoms with E-state index < -0.39 is 17.5 Å². The van der Waals surface area contributed by atoms with Gasteiger partial charge in [0.1, 0.15) is 0 Å². The van der Waals surface area contributed by atoms with Crippen LogP contribution in [-0.4, -0.2) is 50.6 Å². The first-order chi connectivity index (χ1) is 12.5. The molecule has 0 aliphatic heterocycles. The second-order valence-electron chi connectivity index (χ2n) is 4.68. The molecule has 142 valence electrons. The molecule has 0 aliphatic rings. The van der Waals surface area contributed by atoms with E-state index in [2.05, 4.69) is 10.2 Å². The summed E-state index contributed by atoms with van der Waals surface area (Å²) in [6, 6.07) is 5.13. The van der Waals surface area contributed by atoms with Gasteiger partial charge in [0.15, 0.2) is 22.9 Å². The summed E-state index contributed by atoms with van der Waals surface area (Å²) < 4.78 is 20.1. The fourth-order valence-electron chi connectivity index (χ4n) is 1.85. The summed E-state index contributed by atoms with van der Waals surface area (Å²) in [5.41, 5.74) is 6.01. The highest BCUT2D eigenvalue weighted by Crippen LogP contribution is 2.26. The van der Waals surface area contributed by atoms with Crippen molar-refractivity contribution in [3.63, 3.8) is 0 Å². The van der Waals surface area contributed by atoms with Crippen LogP contribution in [0.5, 0.6) is 11.5 Å². The maximum absolute atomic E-state index is 11.9. The van der Waals surface area contributed by atoms with E-state index in [9.17, 15) is 9.90 Å². The molecule has 9 nitrogen and oxygen atoms in total. The molecule has 0 radical (unpaired) electrons. The lowest BCUT2D eigenvalue weighted by Gasteiger charge is -2.08. The highest BCUT2D eigenvalue weighted by molar-refractivity contribution is 6.18. The van der Waals surface area contributed by atoms with Crippen LogP contribution in [0, 0.1) is 0 Å². The molecule has 0 spiro atoms. The summed E-state index contributed by atoms with van der Waals surface area (Å²) >= 11 is 0. The molecule has 0 unspecified atom stereocenters. The number of carbonyl (C=O) groups is 1. The molecule has 0 heterocycles. The number of carbonyl (C=O) groups excluding carboxylic acids is 1. The van der Waals surface area contributed by atoms with Crippen molar-refractivity contribution in [1.82, 2.24) is 0 Å². The van der Waals surface area contributed by atoms with Crippen molar-refractivity contribution in [3.8, 4) is 11.5 Å². The Hall–Kier alpha value is -3.23. The lowest BCUT2D eigenvalue weighted by Crippen LogP contribution is -2.25. The van der Waals surface area contributed by atoms with Gasteiger partial charge in [0, 0.05) is 0 Å². The lowest BCUT2D eigenvalue weighted by atomic mass is 10.2. The van der Waals surface area contributed by atoms with Crippen molar-refractivity contribution >= 4 is 18.0 Å². The van der Waals surface area contributed by atoms with Gasteiger partial charge in [0.2, 0.25) is 0 Å². The number of methoxy groups -OCH3 is 2. The number of nitrogens with zero attached hydrogens (tertiary/aromatic N) is 2. The van der Waals surface area contributed by atoms with Crippen molar-refractivity contribution in [1.29, 1.82) is 0 Å². The molecule has 0 aliphatic carbocycles. The first kappa shape index (κ1) is 20.8.